The van der Waals surface area contributed by atoms with Gasteiger partial charge in [0.25, 0.3) is 0 Å². The zero-order chi connectivity index (χ0) is 7.70. The van der Waals surface area contributed by atoms with Crippen molar-refractivity contribution in [2.45, 2.75) is 20.3 Å². The lowest BCUT2D eigenvalue weighted by Gasteiger charge is -1.71. The zero-order valence-electron chi connectivity index (χ0n) is 5.53. The molecule has 0 aromatic carbocycles. The number of hydrogen-bond donors (Lipinski definition) is 0. The van der Waals surface area contributed by atoms with Gasteiger partial charge in [-0.05, 0) is 6.92 Å². The number of ketones is 1. The van der Waals surface area contributed by atoms with Crippen molar-refractivity contribution in [1.82, 2.24) is 0 Å². The summed E-state index contributed by atoms with van der Waals surface area (Å²) in [5.41, 5.74) is 2.48. The van der Waals surface area contributed by atoms with Crippen LogP contribution in [0.25, 0.3) is 0 Å². The van der Waals surface area contributed by atoms with Crippen LogP contribution in [0.5, 0.6) is 0 Å². The van der Waals surface area contributed by atoms with Crippen molar-refractivity contribution in [2.75, 3.05) is 0 Å². The van der Waals surface area contributed by atoms with Gasteiger partial charge in [-0.2, -0.15) is 0 Å². The van der Waals surface area contributed by atoms with E-state index >= 15 is 0 Å². The Balaban J connectivity index is 0. The molecule has 0 unspecified atom stereocenters. The van der Waals surface area contributed by atoms with Crippen molar-refractivity contribution in [3.05, 3.63) is 11.1 Å². The molecule has 54 valence electrons. The van der Waals surface area contributed by atoms with Gasteiger partial charge in [0, 0.05) is 17.5 Å². The fourth-order valence-corrected chi connectivity index (χ4v) is 0. The summed E-state index contributed by atoms with van der Waals surface area (Å²) in [5.74, 6) is 0.255. The normalized spacial score (nSPS) is 8.44. The zero-order valence-corrected chi connectivity index (χ0v) is 7.04. The van der Waals surface area contributed by atoms with Crippen LogP contribution in [0.2, 0.25) is 0 Å². The fraction of sp³-hybridized carbons (Fsp3) is 0.500. The maximum Gasteiger partial charge on any atom is 0.129 e. The van der Waals surface area contributed by atoms with E-state index in [1.165, 1.54) is 11.1 Å². The van der Waals surface area contributed by atoms with Gasteiger partial charge in [-0.3, -0.25) is 0 Å². The van der Waals surface area contributed by atoms with E-state index in [1.807, 2.05) is 6.92 Å². The van der Waals surface area contributed by atoms with E-state index in [-0.39, 0.29) is 5.78 Å². The number of hydrogen-bond acceptors (Lipinski definition) is 1. The summed E-state index contributed by atoms with van der Waals surface area (Å²) in [7, 11) is 0. The molecular weight excluding hydrogens is 159 g/mol. The van der Waals surface area contributed by atoms with E-state index in [0.29, 0.717) is 6.42 Å². The molecule has 0 aliphatic rings. The van der Waals surface area contributed by atoms with Crippen molar-refractivity contribution < 1.29 is 4.79 Å². The Morgan fingerprint density at radius 3 is 1.67 bits per heavy atom. The third-order valence-electron chi connectivity index (χ3n) is 0.546. The molecule has 0 aromatic rings. The van der Waals surface area contributed by atoms with Gasteiger partial charge < -0.3 is 4.79 Å². The van der Waals surface area contributed by atoms with Crippen LogP contribution in [0.3, 0.4) is 0 Å². The van der Waals surface area contributed by atoms with Gasteiger partial charge in [0.1, 0.15) is 5.78 Å². The number of rotatable bonds is 1. The SMILES string of the molecule is CCC(C)=O.Cl/C=C/Cl. The largest absolute Gasteiger partial charge is 0.300 e. The third kappa shape index (κ3) is 32.1. The average Bonchev–Trinajstić information content (AvgIpc) is 1.89. The van der Waals surface area contributed by atoms with E-state index in [2.05, 4.69) is 0 Å². The monoisotopic (exact) mass is 168 g/mol. The van der Waals surface area contributed by atoms with E-state index in [0.717, 1.165) is 0 Å². The topological polar surface area (TPSA) is 17.1 Å². The van der Waals surface area contributed by atoms with Gasteiger partial charge in [-0.1, -0.05) is 30.1 Å². The Morgan fingerprint density at radius 2 is 1.67 bits per heavy atom. The van der Waals surface area contributed by atoms with Crippen LogP contribution in [0.1, 0.15) is 20.3 Å². The minimum absolute atomic E-state index is 0.255. The molecule has 0 aliphatic carbocycles. The Bertz CT molecular complexity index is 85.1. The third-order valence-corrected chi connectivity index (χ3v) is 0.926. The van der Waals surface area contributed by atoms with Crippen molar-refractivity contribution in [3.8, 4) is 0 Å². The van der Waals surface area contributed by atoms with Crippen LogP contribution in [0.15, 0.2) is 11.1 Å². The molecule has 0 saturated carbocycles. The molecule has 0 bridgehead atoms. The van der Waals surface area contributed by atoms with Gasteiger partial charge in [-0.25, -0.2) is 0 Å². The van der Waals surface area contributed by atoms with Crippen LogP contribution in [-0.4, -0.2) is 5.78 Å². The van der Waals surface area contributed by atoms with Crippen LogP contribution in [0.4, 0.5) is 0 Å². The van der Waals surface area contributed by atoms with Crippen LogP contribution in [0, 0.1) is 0 Å². The molecule has 0 rings (SSSR count). The number of carbonyl (C=O) groups excluding carboxylic acids is 1. The lowest BCUT2D eigenvalue weighted by Crippen LogP contribution is -1.80. The minimum Gasteiger partial charge on any atom is -0.300 e. The lowest BCUT2D eigenvalue weighted by molar-refractivity contribution is -0.116. The molecule has 0 spiro atoms. The predicted molar refractivity (Wildman–Crippen MR) is 41.8 cm³/mol. The Labute approximate surface area is 65.6 Å². The summed E-state index contributed by atoms with van der Waals surface area (Å²) < 4.78 is 0. The molecule has 0 radical (unpaired) electrons. The number of halogens is 2. The summed E-state index contributed by atoms with van der Waals surface area (Å²) in [6, 6.07) is 0. The molecule has 0 amide bonds. The second kappa shape index (κ2) is 10.9. The molecule has 0 aromatic heterocycles. The van der Waals surface area contributed by atoms with E-state index in [9.17, 15) is 4.79 Å². The van der Waals surface area contributed by atoms with Gasteiger partial charge >= 0.3 is 0 Å². The second-order valence-corrected chi connectivity index (χ2v) is 1.81. The summed E-state index contributed by atoms with van der Waals surface area (Å²) in [4.78, 5) is 9.81. The standard InChI is InChI=1S/C4H8O.C2H2Cl2/c1-3-4(2)5;3-1-2-4/h3H2,1-2H3;1-2H/b;2-1+. The number of carbonyl (C=O) groups is 1. The second-order valence-electron chi connectivity index (χ2n) is 1.31. The van der Waals surface area contributed by atoms with Crippen molar-refractivity contribution in [1.29, 1.82) is 0 Å². The first-order valence-electron chi connectivity index (χ1n) is 2.53. The molecule has 1 nitrogen and oxygen atoms in total. The summed E-state index contributed by atoms with van der Waals surface area (Å²) >= 11 is 9.75. The van der Waals surface area contributed by atoms with Crippen LogP contribution >= 0.6 is 23.2 Å². The highest BCUT2D eigenvalue weighted by Crippen LogP contribution is 1.78. The van der Waals surface area contributed by atoms with Crippen LogP contribution < -0.4 is 0 Å². The Hall–Kier alpha value is -0.0100. The van der Waals surface area contributed by atoms with E-state index in [1.54, 1.807) is 6.92 Å². The Morgan fingerprint density at radius 1 is 1.44 bits per heavy atom. The first kappa shape index (κ1) is 11.7. The van der Waals surface area contributed by atoms with Gasteiger partial charge in [-0.15, -0.1) is 0 Å². The van der Waals surface area contributed by atoms with Crippen molar-refractivity contribution in [3.63, 3.8) is 0 Å². The molecule has 0 atom stereocenters. The fourth-order valence-electron chi connectivity index (χ4n) is 0. The molecular formula is C6H10Cl2O. The molecule has 9 heavy (non-hydrogen) atoms. The molecule has 0 saturated heterocycles. The van der Waals surface area contributed by atoms with E-state index in [4.69, 9.17) is 23.2 Å². The highest BCUT2D eigenvalue weighted by Gasteiger charge is 1.76. The molecule has 0 heterocycles. The predicted octanol–water partition coefficient (Wildman–Crippen LogP) is 2.92. The van der Waals surface area contributed by atoms with Gasteiger partial charge in [0.15, 0.2) is 0 Å². The van der Waals surface area contributed by atoms with E-state index < -0.39 is 0 Å². The first-order valence-corrected chi connectivity index (χ1v) is 3.41. The number of Topliss-reactive ketones (excluding diaryl/α,β-unsaturated/α-hetero) is 1. The Kier molecular flexibility index (Phi) is 14.2. The quantitative estimate of drug-likeness (QED) is 0.589. The smallest absolute Gasteiger partial charge is 0.129 e. The minimum atomic E-state index is 0.255. The van der Waals surface area contributed by atoms with Gasteiger partial charge in [0.05, 0.1) is 0 Å². The summed E-state index contributed by atoms with van der Waals surface area (Å²) in [5, 5.41) is 0. The average molecular weight is 169 g/mol. The molecule has 3 heteroatoms. The molecule has 0 fully saturated rings. The van der Waals surface area contributed by atoms with Gasteiger partial charge in [0.2, 0.25) is 0 Å². The lowest BCUT2D eigenvalue weighted by atomic mass is 10.4. The summed E-state index contributed by atoms with van der Waals surface area (Å²) in [6.07, 6.45) is 0.667. The van der Waals surface area contributed by atoms with Crippen molar-refractivity contribution in [2.24, 2.45) is 0 Å². The molecule has 0 N–H and O–H groups in total. The van der Waals surface area contributed by atoms with Crippen molar-refractivity contribution >= 4 is 29.0 Å². The highest BCUT2D eigenvalue weighted by molar-refractivity contribution is 6.33. The summed E-state index contributed by atoms with van der Waals surface area (Å²) in [6.45, 7) is 3.43. The highest BCUT2D eigenvalue weighted by atomic mass is 35.5. The first-order chi connectivity index (χ1) is 4.18. The maximum atomic E-state index is 9.81. The van der Waals surface area contributed by atoms with Crippen LogP contribution in [-0.2, 0) is 4.79 Å². The molecule has 0 aliphatic heterocycles. The maximum absolute atomic E-state index is 9.81.